The largest absolute Gasteiger partial charge is 0.347 e. The van der Waals surface area contributed by atoms with Gasteiger partial charge in [0.2, 0.25) is 5.91 Å². The number of hydrogen-bond acceptors (Lipinski definition) is 4. The van der Waals surface area contributed by atoms with Crippen molar-refractivity contribution in [1.29, 1.82) is 0 Å². The lowest BCUT2D eigenvalue weighted by Crippen LogP contribution is -2.37. The molecule has 138 valence electrons. The van der Waals surface area contributed by atoms with Crippen LogP contribution in [0.3, 0.4) is 0 Å². The van der Waals surface area contributed by atoms with Gasteiger partial charge in [0.15, 0.2) is 0 Å². The standard InChI is InChI=1S/C21H23N5O/c27-21(23-19-13-7-5-11-17-10-4-6-12-18(17)19)20(26-15-22-24-25-26)14-16-8-2-1-3-9-16/h1-4,6,8-10,12,15,19-20H,5,7,11,13-14H2,(H,23,27)/t19-,20-/m0/s1. The Kier molecular flexibility index (Phi) is 5.23. The van der Waals surface area contributed by atoms with Crippen LogP contribution >= 0.6 is 0 Å². The Morgan fingerprint density at radius 2 is 1.93 bits per heavy atom. The average molecular weight is 361 g/mol. The molecule has 1 N–H and O–H groups in total. The van der Waals surface area contributed by atoms with Gasteiger partial charge in [0, 0.05) is 6.42 Å². The molecule has 27 heavy (non-hydrogen) atoms. The zero-order valence-electron chi connectivity index (χ0n) is 15.2. The van der Waals surface area contributed by atoms with Crippen LogP contribution in [0.2, 0.25) is 0 Å². The minimum atomic E-state index is -0.474. The number of fused-ring (bicyclic) bond motifs is 1. The lowest BCUT2D eigenvalue weighted by atomic mass is 9.98. The maximum Gasteiger partial charge on any atom is 0.245 e. The first-order valence-electron chi connectivity index (χ1n) is 9.46. The molecule has 0 spiro atoms. The van der Waals surface area contributed by atoms with E-state index in [1.807, 2.05) is 36.4 Å². The Labute approximate surface area is 158 Å². The first-order chi connectivity index (χ1) is 13.3. The highest BCUT2D eigenvalue weighted by Crippen LogP contribution is 2.29. The summed E-state index contributed by atoms with van der Waals surface area (Å²) in [5.41, 5.74) is 3.65. The van der Waals surface area contributed by atoms with Gasteiger partial charge in [0.25, 0.3) is 0 Å². The molecule has 4 rings (SSSR count). The molecule has 6 nitrogen and oxygen atoms in total. The number of benzene rings is 2. The molecular formula is C21H23N5O. The van der Waals surface area contributed by atoms with Crippen LogP contribution in [0.4, 0.5) is 0 Å². The third-order valence-corrected chi connectivity index (χ3v) is 5.19. The molecule has 0 aliphatic heterocycles. The second kappa shape index (κ2) is 8.12. The fourth-order valence-electron chi connectivity index (χ4n) is 3.79. The summed E-state index contributed by atoms with van der Waals surface area (Å²) in [5.74, 6) is -0.0483. The number of nitrogens with zero attached hydrogens (tertiary/aromatic N) is 4. The predicted octanol–water partition coefficient (Wildman–Crippen LogP) is 3.04. The van der Waals surface area contributed by atoms with Gasteiger partial charge in [-0.05, 0) is 46.4 Å². The molecule has 1 aliphatic carbocycles. The Bertz CT molecular complexity index is 879. The third-order valence-electron chi connectivity index (χ3n) is 5.19. The quantitative estimate of drug-likeness (QED) is 0.709. The lowest BCUT2D eigenvalue weighted by molar-refractivity contribution is -0.125. The lowest BCUT2D eigenvalue weighted by Gasteiger charge is -2.23. The first-order valence-corrected chi connectivity index (χ1v) is 9.46. The van der Waals surface area contributed by atoms with Crippen molar-refractivity contribution in [1.82, 2.24) is 25.5 Å². The van der Waals surface area contributed by atoms with Gasteiger partial charge >= 0.3 is 0 Å². The summed E-state index contributed by atoms with van der Waals surface area (Å²) >= 11 is 0. The van der Waals surface area contributed by atoms with Crippen molar-refractivity contribution < 1.29 is 4.79 Å². The molecule has 0 saturated heterocycles. The number of carbonyl (C=O) groups excluding carboxylic acids is 1. The Morgan fingerprint density at radius 1 is 1.11 bits per heavy atom. The molecule has 0 fully saturated rings. The van der Waals surface area contributed by atoms with Crippen molar-refractivity contribution in [2.75, 3.05) is 0 Å². The number of aryl methyl sites for hydroxylation is 1. The van der Waals surface area contributed by atoms with Crippen molar-refractivity contribution >= 4 is 5.91 Å². The Balaban J connectivity index is 1.57. The second-order valence-corrected chi connectivity index (χ2v) is 7.00. The van der Waals surface area contributed by atoms with E-state index in [2.05, 4.69) is 39.0 Å². The van der Waals surface area contributed by atoms with Crippen molar-refractivity contribution in [3.63, 3.8) is 0 Å². The van der Waals surface area contributed by atoms with Gasteiger partial charge in [0.1, 0.15) is 12.4 Å². The predicted molar refractivity (Wildman–Crippen MR) is 102 cm³/mol. The van der Waals surface area contributed by atoms with Crippen LogP contribution in [0.5, 0.6) is 0 Å². The van der Waals surface area contributed by atoms with Gasteiger partial charge in [-0.15, -0.1) is 5.10 Å². The number of amides is 1. The minimum absolute atomic E-state index is 0.0333. The summed E-state index contributed by atoms with van der Waals surface area (Å²) < 4.78 is 1.55. The number of aromatic nitrogens is 4. The highest BCUT2D eigenvalue weighted by molar-refractivity contribution is 5.81. The summed E-state index contributed by atoms with van der Waals surface area (Å²) in [7, 11) is 0. The van der Waals surface area contributed by atoms with Gasteiger partial charge in [-0.1, -0.05) is 61.0 Å². The van der Waals surface area contributed by atoms with Crippen LogP contribution in [-0.4, -0.2) is 26.1 Å². The minimum Gasteiger partial charge on any atom is -0.347 e. The van der Waals surface area contributed by atoms with Crippen molar-refractivity contribution in [2.24, 2.45) is 0 Å². The molecule has 0 bridgehead atoms. The maximum atomic E-state index is 13.2. The van der Waals surface area contributed by atoms with Crippen LogP contribution in [-0.2, 0) is 17.6 Å². The maximum absolute atomic E-state index is 13.2. The van der Waals surface area contributed by atoms with E-state index in [1.54, 1.807) is 4.68 Å². The van der Waals surface area contributed by atoms with E-state index >= 15 is 0 Å². The van der Waals surface area contributed by atoms with E-state index in [1.165, 1.54) is 17.5 Å². The first kappa shape index (κ1) is 17.4. The molecule has 2 atom stereocenters. The summed E-state index contributed by atoms with van der Waals surface area (Å²) in [6, 6.07) is 17.9. The van der Waals surface area contributed by atoms with Crippen LogP contribution in [0.15, 0.2) is 60.9 Å². The molecule has 1 aromatic heterocycles. The van der Waals surface area contributed by atoms with Gasteiger partial charge < -0.3 is 5.32 Å². The number of nitrogens with one attached hydrogen (secondary N) is 1. The van der Waals surface area contributed by atoms with E-state index in [0.29, 0.717) is 6.42 Å². The number of rotatable bonds is 5. The van der Waals surface area contributed by atoms with E-state index in [4.69, 9.17) is 0 Å². The van der Waals surface area contributed by atoms with E-state index in [0.717, 1.165) is 31.2 Å². The van der Waals surface area contributed by atoms with Crippen molar-refractivity contribution in [2.45, 2.75) is 44.2 Å². The van der Waals surface area contributed by atoms with Crippen LogP contribution < -0.4 is 5.32 Å². The highest BCUT2D eigenvalue weighted by Gasteiger charge is 2.27. The fraction of sp³-hybridized carbons (Fsp3) is 0.333. The molecule has 0 saturated carbocycles. The van der Waals surface area contributed by atoms with E-state index < -0.39 is 6.04 Å². The molecule has 2 aromatic carbocycles. The summed E-state index contributed by atoms with van der Waals surface area (Å²) in [6.07, 6.45) is 6.34. The van der Waals surface area contributed by atoms with Crippen LogP contribution in [0, 0.1) is 0 Å². The van der Waals surface area contributed by atoms with Crippen molar-refractivity contribution in [3.8, 4) is 0 Å². The molecule has 0 radical (unpaired) electrons. The Hall–Kier alpha value is -3.02. The molecule has 1 heterocycles. The zero-order chi connectivity index (χ0) is 18.5. The fourth-order valence-corrected chi connectivity index (χ4v) is 3.79. The SMILES string of the molecule is O=C(N[C@H]1CCCCc2ccccc21)[C@H](Cc1ccccc1)n1cnnn1. The summed E-state index contributed by atoms with van der Waals surface area (Å²) in [6.45, 7) is 0. The number of carbonyl (C=O) groups is 1. The topological polar surface area (TPSA) is 72.7 Å². The third kappa shape index (κ3) is 4.05. The normalized spacial score (nSPS) is 17.6. The van der Waals surface area contributed by atoms with Crippen molar-refractivity contribution in [3.05, 3.63) is 77.6 Å². The number of hydrogen-bond donors (Lipinski definition) is 1. The summed E-state index contributed by atoms with van der Waals surface area (Å²) in [4.78, 5) is 13.2. The second-order valence-electron chi connectivity index (χ2n) is 7.00. The molecule has 1 amide bonds. The smallest absolute Gasteiger partial charge is 0.245 e. The van der Waals surface area contributed by atoms with Gasteiger partial charge in [-0.2, -0.15) is 0 Å². The van der Waals surface area contributed by atoms with E-state index in [-0.39, 0.29) is 11.9 Å². The Morgan fingerprint density at radius 3 is 2.74 bits per heavy atom. The van der Waals surface area contributed by atoms with E-state index in [9.17, 15) is 4.79 Å². The van der Waals surface area contributed by atoms with Crippen LogP contribution in [0.25, 0.3) is 0 Å². The highest BCUT2D eigenvalue weighted by atomic mass is 16.2. The summed E-state index contributed by atoms with van der Waals surface area (Å²) in [5, 5.41) is 14.7. The van der Waals surface area contributed by atoms with Crippen LogP contribution in [0.1, 0.15) is 48.0 Å². The molecular weight excluding hydrogens is 338 g/mol. The molecule has 6 heteroatoms. The zero-order valence-corrected chi connectivity index (χ0v) is 15.2. The average Bonchev–Trinajstić information content (AvgIpc) is 3.16. The molecule has 1 aliphatic rings. The van der Waals surface area contributed by atoms with Gasteiger partial charge in [-0.25, -0.2) is 4.68 Å². The van der Waals surface area contributed by atoms with Gasteiger partial charge in [0.05, 0.1) is 6.04 Å². The van der Waals surface area contributed by atoms with Gasteiger partial charge in [-0.3, -0.25) is 4.79 Å². The number of tetrazole rings is 1. The molecule has 3 aromatic rings. The monoisotopic (exact) mass is 361 g/mol. The molecule has 0 unspecified atom stereocenters.